The van der Waals surface area contributed by atoms with Crippen LogP contribution in [-0.2, 0) is 9.47 Å². The fourth-order valence-corrected chi connectivity index (χ4v) is 12.1. The van der Waals surface area contributed by atoms with Crippen molar-refractivity contribution in [2.45, 2.75) is 128 Å². The Labute approximate surface area is 245 Å². The molecule has 7 rings (SSSR count). The molecule has 7 aliphatic rings. The number of piperidine rings is 2. The molecule has 4 saturated carbocycles. The van der Waals surface area contributed by atoms with Crippen molar-refractivity contribution in [1.82, 2.24) is 4.90 Å². The zero-order chi connectivity index (χ0) is 28.8. The summed E-state index contributed by atoms with van der Waals surface area (Å²) in [7, 11) is 0. The van der Waals surface area contributed by atoms with Gasteiger partial charge in [-0.15, -0.1) is 0 Å². The number of hydrogen-bond acceptors (Lipinski definition) is 8. The Morgan fingerprint density at radius 1 is 0.780 bits per heavy atom. The topological polar surface area (TPSA) is 123 Å². The molecule has 0 radical (unpaired) electrons. The second kappa shape index (κ2) is 10.9. The van der Waals surface area contributed by atoms with Crippen molar-refractivity contribution in [2.75, 3.05) is 19.7 Å². The third-order valence-corrected chi connectivity index (χ3v) is 14.1. The van der Waals surface area contributed by atoms with E-state index in [2.05, 4.69) is 25.7 Å². The van der Waals surface area contributed by atoms with Crippen molar-refractivity contribution in [2.24, 2.45) is 58.7 Å². The van der Waals surface area contributed by atoms with Gasteiger partial charge in [-0.25, -0.2) is 0 Å². The monoisotopic (exact) mass is 577 g/mol. The molecular formula is C33H55NO7. The molecule has 0 bridgehead atoms. The van der Waals surface area contributed by atoms with E-state index < -0.39 is 37.3 Å². The highest BCUT2D eigenvalue weighted by atomic mass is 16.7. The summed E-state index contributed by atoms with van der Waals surface area (Å²) >= 11 is 0. The van der Waals surface area contributed by atoms with Crippen LogP contribution in [-0.4, -0.2) is 99.1 Å². The summed E-state index contributed by atoms with van der Waals surface area (Å²) in [6, 6.07) is 0.787. The number of nitrogens with zero attached hydrogens (tertiary/aromatic N) is 1. The molecule has 0 aromatic heterocycles. The van der Waals surface area contributed by atoms with Gasteiger partial charge in [0.15, 0.2) is 6.29 Å². The number of aliphatic hydroxyl groups excluding tert-OH is 5. The van der Waals surface area contributed by atoms with E-state index in [0.717, 1.165) is 60.8 Å². The summed E-state index contributed by atoms with van der Waals surface area (Å²) in [5.41, 5.74) is 0.0763. The Morgan fingerprint density at radius 3 is 2.34 bits per heavy atom. The van der Waals surface area contributed by atoms with E-state index in [1.807, 2.05) is 0 Å². The lowest BCUT2D eigenvalue weighted by atomic mass is 9.51. The molecule has 3 heterocycles. The van der Waals surface area contributed by atoms with Crippen LogP contribution in [0, 0.1) is 58.7 Å². The minimum atomic E-state index is -1.43. The summed E-state index contributed by atoms with van der Waals surface area (Å²) in [5, 5.41) is 52.1. The first kappa shape index (κ1) is 29.4. The van der Waals surface area contributed by atoms with Crippen molar-refractivity contribution < 1.29 is 35.0 Å². The van der Waals surface area contributed by atoms with Crippen LogP contribution in [0.2, 0.25) is 0 Å². The SMILES string of the molecule is C[C@H]1CC[C@@H]2[C@@H](C)[C@@H]3CC[C@H]4[C@@H](C[C@@H]5[C@@H]4C[C@@H](O)[C@@H]4C[C@H](O[C@H]6O[C@@H](CO)[C@H](O)[C@@H](O)[C@@H]6O)CC[C@@]54C)[C@H]3CN2C1. The van der Waals surface area contributed by atoms with Crippen molar-refractivity contribution in [3.63, 3.8) is 0 Å². The van der Waals surface area contributed by atoms with Gasteiger partial charge < -0.3 is 35.0 Å². The number of fused-ring (bicyclic) bond motifs is 8. The number of ether oxygens (including phenoxy) is 2. The highest BCUT2D eigenvalue weighted by Gasteiger charge is 2.63. The second-order valence-electron chi connectivity index (χ2n) is 15.9. The molecule has 8 nitrogen and oxygen atoms in total. The van der Waals surface area contributed by atoms with Gasteiger partial charge in [0.05, 0.1) is 18.8 Å². The molecule has 18 atom stereocenters. The lowest BCUT2D eigenvalue weighted by Gasteiger charge is -2.57. The van der Waals surface area contributed by atoms with Crippen molar-refractivity contribution in [3.05, 3.63) is 0 Å². The smallest absolute Gasteiger partial charge is 0.186 e. The minimum Gasteiger partial charge on any atom is -0.394 e. The molecule has 0 unspecified atom stereocenters. The molecule has 4 aliphatic carbocycles. The molecule has 0 aromatic rings. The van der Waals surface area contributed by atoms with E-state index in [9.17, 15) is 25.5 Å². The molecule has 5 N–H and O–H groups in total. The van der Waals surface area contributed by atoms with Crippen LogP contribution in [0.1, 0.15) is 78.6 Å². The van der Waals surface area contributed by atoms with E-state index in [1.54, 1.807) is 0 Å². The first-order valence-corrected chi connectivity index (χ1v) is 17.0. The van der Waals surface area contributed by atoms with E-state index in [4.69, 9.17) is 9.47 Å². The average Bonchev–Trinajstić information content (AvgIpc) is 3.34. The van der Waals surface area contributed by atoms with E-state index in [1.165, 1.54) is 45.2 Å². The first-order chi connectivity index (χ1) is 19.6. The van der Waals surface area contributed by atoms with Crippen LogP contribution in [0.25, 0.3) is 0 Å². The van der Waals surface area contributed by atoms with E-state index in [0.29, 0.717) is 18.3 Å². The predicted octanol–water partition coefficient (Wildman–Crippen LogP) is 2.39. The lowest BCUT2D eigenvalue weighted by molar-refractivity contribution is -0.317. The molecule has 234 valence electrons. The zero-order valence-electron chi connectivity index (χ0n) is 25.3. The van der Waals surface area contributed by atoms with Crippen molar-refractivity contribution >= 4 is 0 Å². The zero-order valence-corrected chi connectivity index (χ0v) is 25.3. The second-order valence-corrected chi connectivity index (χ2v) is 15.9. The Morgan fingerprint density at radius 2 is 1.56 bits per heavy atom. The molecule has 3 aliphatic heterocycles. The molecule has 7 fully saturated rings. The number of aliphatic hydroxyl groups is 5. The van der Waals surface area contributed by atoms with E-state index >= 15 is 0 Å². The van der Waals surface area contributed by atoms with Gasteiger partial charge >= 0.3 is 0 Å². The highest BCUT2D eigenvalue weighted by molar-refractivity contribution is 5.12. The van der Waals surface area contributed by atoms with Crippen LogP contribution >= 0.6 is 0 Å². The largest absolute Gasteiger partial charge is 0.394 e. The third kappa shape index (κ3) is 4.68. The van der Waals surface area contributed by atoms with Gasteiger partial charge in [0.1, 0.15) is 24.4 Å². The highest BCUT2D eigenvalue weighted by Crippen LogP contribution is 2.67. The predicted molar refractivity (Wildman–Crippen MR) is 152 cm³/mol. The molecule has 41 heavy (non-hydrogen) atoms. The molecule has 0 amide bonds. The van der Waals surface area contributed by atoms with Crippen molar-refractivity contribution in [1.29, 1.82) is 0 Å². The third-order valence-electron chi connectivity index (χ3n) is 14.1. The van der Waals surface area contributed by atoms with Crippen LogP contribution in [0.5, 0.6) is 0 Å². The summed E-state index contributed by atoms with van der Waals surface area (Å²) in [6.07, 6.45) is 3.39. The number of hydrogen-bond donors (Lipinski definition) is 5. The fraction of sp³-hybridized carbons (Fsp3) is 1.00. The summed E-state index contributed by atoms with van der Waals surface area (Å²) in [4.78, 5) is 2.88. The molecule has 0 aromatic carbocycles. The van der Waals surface area contributed by atoms with Gasteiger partial charge in [-0.3, -0.25) is 4.90 Å². The van der Waals surface area contributed by atoms with Crippen LogP contribution in [0.4, 0.5) is 0 Å². The van der Waals surface area contributed by atoms with Gasteiger partial charge in [-0.2, -0.15) is 0 Å². The van der Waals surface area contributed by atoms with Gasteiger partial charge in [0.25, 0.3) is 0 Å². The molecule has 0 spiro atoms. The maximum Gasteiger partial charge on any atom is 0.186 e. The van der Waals surface area contributed by atoms with Crippen LogP contribution < -0.4 is 0 Å². The molecular weight excluding hydrogens is 522 g/mol. The maximum absolute atomic E-state index is 11.6. The number of rotatable bonds is 3. The Kier molecular flexibility index (Phi) is 7.84. The normalized spacial score (nSPS) is 59.0. The van der Waals surface area contributed by atoms with Gasteiger partial charge in [-0.05, 0) is 116 Å². The maximum atomic E-state index is 11.6. The standard InChI is InChI=1S/C33H55NO7/c1-16-4-7-26-17(2)19-5-6-20-21(23(19)14-34(26)13-16)11-24-22(20)12-27(36)25-10-18(8-9-33(24,25)3)40-32-31(39)30(38)29(37)28(15-35)41-32/h16-32,35-39H,4-15H2,1-3H3/t16-,17-,18+,19-,20-,21+,22+,23-,24+,25-,26+,27+,28-,29-,30+,31-,32-,33-/m0/s1. The Hall–Kier alpha value is -0.320. The van der Waals surface area contributed by atoms with E-state index in [-0.39, 0.29) is 23.5 Å². The Balaban J connectivity index is 1.06. The summed E-state index contributed by atoms with van der Waals surface area (Å²) in [5.74, 6) is 6.23. The summed E-state index contributed by atoms with van der Waals surface area (Å²) in [6.45, 7) is 9.55. The van der Waals surface area contributed by atoms with Crippen LogP contribution in [0.3, 0.4) is 0 Å². The van der Waals surface area contributed by atoms with Gasteiger partial charge in [0.2, 0.25) is 0 Å². The van der Waals surface area contributed by atoms with Crippen molar-refractivity contribution in [3.8, 4) is 0 Å². The van der Waals surface area contributed by atoms with Crippen LogP contribution in [0.15, 0.2) is 0 Å². The molecule has 8 heteroatoms. The average molecular weight is 578 g/mol. The Bertz CT molecular complexity index is 949. The lowest BCUT2D eigenvalue weighted by Crippen LogP contribution is -2.60. The van der Waals surface area contributed by atoms with Gasteiger partial charge in [-0.1, -0.05) is 20.8 Å². The first-order valence-electron chi connectivity index (χ1n) is 17.0. The summed E-state index contributed by atoms with van der Waals surface area (Å²) < 4.78 is 11.9. The molecule has 3 saturated heterocycles. The fourth-order valence-electron chi connectivity index (χ4n) is 12.1. The van der Waals surface area contributed by atoms with Gasteiger partial charge in [0, 0.05) is 19.1 Å². The quantitative estimate of drug-likeness (QED) is 0.324. The minimum absolute atomic E-state index is 0.0763.